The first-order valence-corrected chi connectivity index (χ1v) is 6.10. The van der Waals surface area contributed by atoms with Crippen LogP contribution in [0.5, 0.6) is 5.75 Å². The molecule has 20 heavy (non-hydrogen) atoms. The zero-order valence-electron chi connectivity index (χ0n) is 10.3. The largest absolute Gasteiger partial charge is 0.477 e. The maximum absolute atomic E-state index is 12.1. The van der Waals surface area contributed by atoms with Gasteiger partial charge in [-0.3, -0.25) is 9.78 Å². The van der Waals surface area contributed by atoms with Gasteiger partial charge in [-0.05, 0) is 18.2 Å². The summed E-state index contributed by atoms with van der Waals surface area (Å²) >= 11 is 5.93. The molecule has 1 amide bonds. The summed E-state index contributed by atoms with van der Waals surface area (Å²) in [6, 6.07) is 10.2. The van der Waals surface area contributed by atoms with Crippen LogP contribution in [0, 0.1) is 11.3 Å². The molecule has 0 saturated carbocycles. The summed E-state index contributed by atoms with van der Waals surface area (Å²) in [4.78, 5) is 16.0. The molecule has 0 radical (unpaired) electrons. The Morgan fingerprint density at radius 3 is 2.95 bits per heavy atom. The van der Waals surface area contributed by atoms with Crippen molar-refractivity contribution in [2.45, 2.75) is 0 Å². The number of para-hydroxylation sites is 2. The number of hydrogen-bond acceptors (Lipinski definition) is 4. The zero-order valence-corrected chi connectivity index (χ0v) is 11.1. The Hall–Kier alpha value is -2.58. The fraction of sp³-hybridized carbons (Fsp3) is 0.0714. The molecule has 1 N–H and O–H groups in total. The van der Waals surface area contributed by atoms with Gasteiger partial charge in [0.05, 0.1) is 16.3 Å². The average molecular weight is 288 g/mol. The predicted molar refractivity (Wildman–Crippen MR) is 74.8 cm³/mol. The fourth-order valence-corrected chi connectivity index (χ4v) is 1.73. The summed E-state index contributed by atoms with van der Waals surface area (Å²) in [5.74, 6) is 0.0264. The Kier molecular flexibility index (Phi) is 4.53. The van der Waals surface area contributed by atoms with Crippen molar-refractivity contribution >= 4 is 23.2 Å². The van der Waals surface area contributed by atoms with Crippen molar-refractivity contribution in [2.24, 2.45) is 0 Å². The van der Waals surface area contributed by atoms with Gasteiger partial charge in [0.15, 0.2) is 6.61 Å². The lowest BCUT2D eigenvalue weighted by molar-refractivity contribution is 0.102. The van der Waals surface area contributed by atoms with E-state index in [4.69, 9.17) is 21.6 Å². The fourth-order valence-electron chi connectivity index (χ4n) is 1.54. The van der Waals surface area contributed by atoms with E-state index in [0.29, 0.717) is 16.5 Å². The molecule has 5 nitrogen and oxygen atoms in total. The number of nitrogens with zero attached hydrogens (tertiary/aromatic N) is 2. The number of pyridine rings is 1. The second-order valence-corrected chi connectivity index (χ2v) is 4.16. The normalized spacial score (nSPS) is 9.60. The quantitative estimate of drug-likeness (QED) is 0.938. The highest BCUT2D eigenvalue weighted by Gasteiger charge is 2.12. The zero-order chi connectivity index (χ0) is 14.4. The molecule has 0 bridgehead atoms. The minimum Gasteiger partial charge on any atom is -0.477 e. The minimum absolute atomic E-state index is 0.0967. The molecular formula is C14H10ClN3O2. The standard InChI is InChI=1S/C14H10ClN3O2/c15-11-5-7-17-9-10(11)14(19)18-12-3-1-2-4-13(12)20-8-6-16/h1-5,7,9H,8H2,(H,18,19). The lowest BCUT2D eigenvalue weighted by atomic mass is 10.2. The summed E-state index contributed by atoms with van der Waals surface area (Å²) in [5, 5.41) is 11.5. The lowest BCUT2D eigenvalue weighted by Crippen LogP contribution is -2.13. The molecule has 0 aliphatic heterocycles. The van der Waals surface area contributed by atoms with Crippen molar-refractivity contribution in [1.29, 1.82) is 5.26 Å². The second-order valence-electron chi connectivity index (χ2n) is 3.75. The summed E-state index contributed by atoms with van der Waals surface area (Å²) in [7, 11) is 0. The summed E-state index contributed by atoms with van der Waals surface area (Å²) in [6.45, 7) is -0.0967. The van der Waals surface area contributed by atoms with Gasteiger partial charge >= 0.3 is 0 Å². The topological polar surface area (TPSA) is 75.0 Å². The maximum Gasteiger partial charge on any atom is 0.258 e. The molecule has 2 aromatic rings. The van der Waals surface area contributed by atoms with Crippen molar-refractivity contribution in [1.82, 2.24) is 4.98 Å². The number of amides is 1. The highest BCUT2D eigenvalue weighted by atomic mass is 35.5. The molecule has 1 heterocycles. The van der Waals surface area contributed by atoms with Gasteiger partial charge in [0.25, 0.3) is 5.91 Å². The van der Waals surface area contributed by atoms with E-state index in [1.807, 2.05) is 6.07 Å². The Balaban J connectivity index is 2.20. The van der Waals surface area contributed by atoms with Gasteiger partial charge in [-0.2, -0.15) is 5.26 Å². The van der Waals surface area contributed by atoms with Gasteiger partial charge in [0.1, 0.15) is 11.8 Å². The van der Waals surface area contributed by atoms with Crippen molar-refractivity contribution < 1.29 is 9.53 Å². The first kappa shape index (κ1) is 13.8. The van der Waals surface area contributed by atoms with Gasteiger partial charge in [0.2, 0.25) is 0 Å². The number of carbonyl (C=O) groups excluding carboxylic acids is 1. The van der Waals surface area contributed by atoms with Crippen LogP contribution in [-0.4, -0.2) is 17.5 Å². The lowest BCUT2D eigenvalue weighted by Gasteiger charge is -2.10. The third kappa shape index (κ3) is 3.25. The SMILES string of the molecule is N#CCOc1ccccc1NC(=O)c1cnccc1Cl. The van der Waals surface area contributed by atoms with Crippen molar-refractivity contribution in [3.05, 3.63) is 53.3 Å². The monoisotopic (exact) mass is 287 g/mol. The Morgan fingerprint density at radius 1 is 1.40 bits per heavy atom. The van der Waals surface area contributed by atoms with E-state index in [1.54, 1.807) is 24.3 Å². The summed E-state index contributed by atoms with van der Waals surface area (Å²) < 4.78 is 5.23. The number of benzene rings is 1. The smallest absolute Gasteiger partial charge is 0.258 e. The highest BCUT2D eigenvalue weighted by molar-refractivity contribution is 6.34. The number of aromatic nitrogens is 1. The molecule has 6 heteroatoms. The van der Waals surface area contributed by atoms with Crippen molar-refractivity contribution in [2.75, 3.05) is 11.9 Å². The van der Waals surface area contributed by atoms with E-state index in [0.717, 1.165) is 0 Å². The van der Waals surface area contributed by atoms with Crippen molar-refractivity contribution in [3.8, 4) is 11.8 Å². The predicted octanol–water partition coefficient (Wildman–Crippen LogP) is 2.89. The summed E-state index contributed by atoms with van der Waals surface area (Å²) in [5.41, 5.74) is 0.733. The van der Waals surface area contributed by atoms with Crippen LogP contribution in [0.3, 0.4) is 0 Å². The van der Waals surface area contributed by atoms with E-state index < -0.39 is 5.91 Å². The van der Waals surface area contributed by atoms with Gasteiger partial charge in [-0.25, -0.2) is 0 Å². The van der Waals surface area contributed by atoms with Gasteiger partial charge in [0, 0.05) is 12.4 Å². The molecule has 2 rings (SSSR count). The van der Waals surface area contributed by atoms with Crippen LogP contribution < -0.4 is 10.1 Å². The molecule has 0 aliphatic carbocycles. The summed E-state index contributed by atoms with van der Waals surface area (Å²) in [6.07, 6.45) is 2.89. The van der Waals surface area contributed by atoms with Crippen LogP contribution in [0.15, 0.2) is 42.7 Å². The van der Waals surface area contributed by atoms with Gasteiger partial charge in [-0.1, -0.05) is 23.7 Å². The molecule has 0 saturated heterocycles. The molecule has 100 valence electrons. The molecular weight excluding hydrogens is 278 g/mol. The number of carbonyl (C=O) groups is 1. The number of ether oxygens (including phenoxy) is 1. The maximum atomic E-state index is 12.1. The third-order valence-electron chi connectivity index (χ3n) is 2.44. The molecule has 0 unspecified atom stereocenters. The molecule has 0 atom stereocenters. The van der Waals surface area contributed by atoms with Crippen LogP contribution in [-0.2, 0) is 0 Å². The number of nitriles is 1. The van der Waals surface area contributed by atoms with Crippen LogP contribution in [0.4, 0.5) is 5.69 Å². The van der Waals surface area contributed by atoms with Crippen LogP contribution >= 0.6 is 11.6 Å². The van der Waals surface area contributed by atoms with Gasteiger partial charge < -0.3 is 10.1 Å². The molecule has 0 spiro atoms. The number of halogens is 1. The van der Waals surface area contributed by atoms with Crippen LogP contribution in [0.2, 0.25) is 5.02 Å². The van der Waals surface area contributed by atoms with Crippen LogP contribution in [0.1, 0.15) is 10.4 Å². The van der Waals surface area contributed by atoms with Crippen molar-refractivity contribution in [3.63, 3.8) is 0 Å². The number of anilines is 1. The van der Waals surface area contributed by atoms with E-state index in [1.165, 1.54) is 18.5 Å². The molecule has 1 aromatic heterocycles. The Bertz CT molecular complexity index is 667. The number of rotatable bonds is 4. The Labute approximate surface area is 120 Å². The van der Waals surface area contributed by atoms with E-state index >= 15 is 0 Å². The second kappa shape index (κ2) is 6.55. The highest BCUT2D eigenvalue weighted by Crippen LogP contribution is 2.25. The van der Waals surface area contributed by atoms with E-state index in [9.17, 15) is 4.79 Å². The average Bonchev–Trinajstić information content (AvgIpc) is 2.46. The van der Waals surface area contributed by atoms with E-state index in [-0.39, 0.29) is 12.2 Å². The molecule has 0 aliphatic rings. The third-order valence-corrected chi connectivity index (χ3v) is 2.77. The van der Waals surface area contributed by atoms with Crippen LogP contribution in [0.25, 0.3) is 0 Å². The first-order valence-electron chi connectivity index (χ1n) is 5.72. The van der Waals surface area contributed by atoms with E-state index in [2.05, 4.69) is 10.3 Å². The molecule has 1 aromatic carbocycles. The van der Waals surface area contributed by atoms with Gasteiger partial charge in [-0.15, -0.1) is 0 Å². The number of nitrogens with one attached hydrogen (secondary N) is 1. The molecule has 0 fully saturated rings. The Morgan fingerprint density at radius 2 is 2.20 bits per heavy atom. The number of hydrogen-bond donors (Lipinski definition) is 1. The first-order chi connectivity index (χ1) is 9.72. The minimum atomic E-state index is -0.392.